The number of nitrogens with zero attached hydrogens (tertiary/aromatic N) is 2. The number of nitrogens with one attached hydrogen (secondary N) is 1. The molecule has 0 aliphatic carbocycles. The molecule has 2 heterocycles. The van der Waals surface area contributed by atoms with E-state index in [0.29, 0.717) is 11.4 Å². The molecule has 148 valence electrons. The molecule has 1 saturated heterocycles. The standard InChI is InChI=1S/C19H18F3N3O2S/c1-11(13-6-4-5-7-14(13)19(20,21)22)24-17-25-16(26)18(2,28-17)12-8-9-23-15(10-12)27-3/h4-11H,1-3H3,(H,24,25,26). The van der Waals surface area contributed by atoms with Crippen molar-refractivity contribution in [1.82, 2.24) is 10.3 Å². The van der Waals surface area contributed by atoms with E-state index in [-0.39, 0.29) is 16.6 Å². The number of ether oxygens (including phenoxy) is 1. The molecule has 5 nitrogen and oxygen atoms in total. The molecule has 1 aliphatic rings. The van der Waals surface area contributed by atoms with Gasteiger partial charge in [-0.3, -0.25) is 9.79 Å². The molecule has 2 atom stereocenters. The minimum atomic E-state index is -4.47. The van der Waals surface area contributed by atoms with Gasteiger partial charge in [-0.05, 0) is 37.1 Å². The third-order valence-electron chi connectivity index (χ3n) is 4.48. The zero-order valence-electron chi connectivity index (χ0n) is 15.4. The first kappa shape index (κ1) is 20.2. The lowest BCUT2D eigenvalue weighted by molar-refractivity contribution is -0.138. The lowest BCUT2D eigenvalue weighted by Crippen LogP contribution is -2.31. The summed E-state index contributed by atoms with van der Waals surface area (Å²) in [4.78, 5) is 21.0. The van der Waals surface area contributed by atoms with Gasteiger partial charge in [0, 0.05) is 12.3 Å². The highest BCUT2D eigenvalue weighted by atomic mass is 32.2. The molecule has 2 aromatic rings. The summed E-state index contributed by atoms with van der Waals surface area (Å²) in [7, 11) is 1.48. The number of pyridine rings is 1. The number of amides is 1. The van der Waals surface area contributed by atoms with Crippen molar-refractivity contribution in [2.45, 2.75) is 30.8 Å². The number of hydrogen-bond acceptors (Lipinski definition) is 5. The minimum Gasteiger partial charge on any atom is -0.481 e. The Kier molecular flexibility index (Phi) is 5.38. The fourth-order valence-electron chi connectivity index (χ4n) is 2.91. The first-order valence-corrected chi connectivity index (χ1v) is 9.21. The zero-order chi connectivity index (χ0) is 20.5. The van der Waals surface area contributed by atoms with Crippen molar-refractivity contribution >= 4 is 22.8 Å². The summed E-state index contributed by atoms with van der Waals surface area (Å²) in [5.74, 6) is 0.0609. The summed E-state index contributed by atoms with van der Waals surface area (Å²) in [6.45, 7) is 3.29. The van der Waals surface area contributed by atoms with Gasteiger partial charge in [0.1, 0.15) is 4.75 Å². The van der Waals surface area contributed by atoms with E-state index in [0.717, 1.165) is 17.8 Å². The molecule has 9 heteroatoms. The normalized spacial score (nSPS) is 22.2. The van der Waals surface area contributed by atoms with Gasteiger partial charge in [0.2, 0.25) is 11.8 Å². The van der Waals surface area contributed by atoms with E-state index in [1.807, 2.05) is 0 Å². The molecule has 1 aromatic heterocycles. The Hall–Kier alpha value is -2.55. The highest BCUT2D eigenvalue weighted by Crippen LogP contribution is 2.43. The molecule has 0 spiro atoms. The van der Waals surface area contributed by atoms with E-state index in [4.69, 9.17) is 4.74 Å². The Bertz CT molecular complexity index is 933. The summed E-state index contributed by atoms with van der Waals surface area (Å²) in [5.41, 5.74) is -0.0188. The topological polar surface area (TPSA) is 63.6 Å². The maximum Gasteiger partial charge on any atom is 0.416 e. The van der Waals surface area contributed by atoms with Crippen LogP contribution < -0.4 is 10.1 Å². The van der Waals surface area contributed by atoms with Gasteiger partial charge in [0.05, 0.1) is 18.7 Å². The SMILES string of the molecule is COc1cc(C2(C)SC(=NC(C)c3ccccc3C(F)(F)F)NC2=O)ccn1. The average Bonchev–Trinajstić information content (AvgIpc) is 2.95. The first-order valence-electron chi connectivity index (χ1n) is 8.40. The van der Waals surface area contributed by atoms with Crippen LogP contribution in [0.25, 0.3) is 0 Å². The van der Waals surface area contributed by atoms with E-state index >= 15 is 0 Å². The number of carbonyl (C=O) groups is 1. The van der Waals surface area contributed by atoms with Crippen molar-refractivity contribution in [3.8, 4) is 5.88 Å². The predicted octanol–water partition coefficient (Wildman–Crippen LogP) is 4.30. The quantitative estimate of drug-likeness (QED) is 0.818. The van der Waals surface area contributed by atoms with Gasteiger partial charge in [-0.15, -0.1) is 0 Å². The molecule has 1 amide bonds. The van der Waals surface area contributed by atoms with E-state index in [9.17, 15) is 18.0 Å². The first-order chi connectivity index (χ1) is 13.1. The Morgan fingerprint density at radius 2 is 2.00 bits per heavy atom. The van der Waals surface area contributed by atoms with Crippen LogP contribution in [0.4, 0.5) is 13.2 Å². The highest BCUT2D eigenvalue weighted by Gasteiger charge is 2.44. The third-order valence-corrected chi connectivity index (χ3v) is 5.71. The zero-order valence-corrected chi connectivity index (χ0v) is 16.2. The van der Waals surface area contributed by atoms with Gasteiger partial charge in [0.25, 0.3) is 0 Å². The van der Waals surface area contributed by atoms with Gasteiger partial charge in [0.15, 0.2) is 5.17 Å². The molecule has 3 rings (SSSR count). The molecule has 1 aliphatic heterocycles. The lowest BCUT2D eigenvalue weighted by Gasteiger charge is -2.19. The Morgan fingerprint density at radius 3 is 2.68 bits per heavy atom. The Balaban J connectivity index is 1.90. The van der Waals surface area contributed by atoms with E-state index in [2.05, 4.69) is 15.3 Å². The maximum atomic E-state index is 13.3. The van der Waals surface area contributed by atoms with Crippen molar-refractivity contribution in [3.05, 3.63) is 59.3 Å². The molecule has 0 radical (unpaired) electrons. The number of amidine groups is 1. The maximum absolute atomic E-state index is 13.3. The summed E-state index contributed by atoms with van der Waals surface area (Å²) in [6.07, 6.45) is -2.94. The number of hydrogen-bond donors (Lipinski definition) is 1. The van der Waals surface area contributed by atoms with Crippen molar-refractivity contribution in [1.29, 1.82) is 0 Å². The number of alkyl halides is 3. The fraction of sp³-hybridized carbons (Fsp3) is 0.316. The number of aromatic nitrogens is 1. The van der Waals surface area contributed by atoms with Crippen LogP contribution in [0.2, 0.25) is 0 Å². The number of halogens is 3. The summed E-state index contributed by atoms with van der Waals surface area (Å²) in [5, 5.41) is 2.94. The third kappa shape index (κ3) is 3.84. The number of benzene rings is 1. The van der Waals surface area contributed by atoms with Gasteiger partial charge < -0.3 is 10.1 Å². The highest BCUT2D eigenvalue weighted by molar-refractivity contribution is 8.15. The number of methoxy groups -OCH3 is 1. The number of thioether (sulfide) groups is 1. The second-order valence-corrected chi connectivity index (χ2v) is 7.78. The van der Waals surface area contributed by atoms with Gasteiger partial charge in [-0.25, -0.2) is 4.98 Å². The molecule has 0 saturated carbocycles. The second kappa shape index (κ2) is 7.46. The van der Waals surface area contributed by atoms with Crippen LogP contribution >= 0.6 is 11.8 Å². The number of aliphatic imine (C=N–C) groups is 1. The van der Waals surface area contributed by atoms with Crippen LogP contribution in [-0.4, -0.2) is 23.2 Å². The predicted molar refractivity (Wildman–Crippen MR) is 101 cm³/mol. The van der Waals surface area contributed by atoms with Crippen molar-refractivity contribution < 1.29 is 22.7 Å². The second-order valence-electron chi connectivity index (χ2n) is 6.37. The Labute approximate surface area is 164 Å². The van der Waals surface area contributed by atoms with Crippen molar-refractivity contribution in [2.24, 2.45) is 4.99 Å². The molecular weight excluding hydrogens is 391 g/mol. The smallest absolute Gasteiger partial charge is 0.416 e. The molecular formula is C19H18F3N3O2S. The molecule has 0 bridgehead atoms. The monoisotopic (exact) mass is 409 g/mol. The van der Waals surface area contributed by atoms with E-state index in [1.54, 1.807) is 26.0 Å². The average molecular weight is 409 g/mol. The van der Waals surface area contributed by atoms with Gasteiger partial charge >= 0.3 is 6.18 Å². The minimum absolute atomic E-state index is 0.0523. The summed E-state index contributed by atoms with van der Waals surface area (Å²) < 4.78 is 43.9. The molecule has 2 unspecified atom stereocenters. The van der Waals surface area contributed by atoms with Crippen molar-refractivity contribution in [3.63, 3.8) is 0 Å². The lowest BCUT2D eigenvalue weighted by atomic mass is 10.0. The van der Waals surface area contributed by atoms with Crippen molar-refractivity contribution in [2.75, 3.05) is 7.11 Å². The summed E-state index contributed by atoms with van der Waals surface area (Å²) in [6, 6.07) is 7.86. The molecule has 1 aromatic carbocycles. The van der Waals surface area contributed by atoms with Gasteiger partial charge in [-0.1, -0.05) is 30.0 Å². The summed E-state index contributed by atoms with van der Waals surface area (Å²) >= 11 is 1.15. The fourth-order valence-corrected chi connectivity index (χ4v) is 4.04. The van der Waals surface area contributed by atoms with Crippen LogP contribution in [0, 0.1) is 0 Å². The van der Waals surface area contributed by atoms with Crippen LogP contribution in [0.15, 0.2) is 47.6 Å². The molecule has 28 heavy (non-hydrogen) atoms. The van der Waals surface area contributed by atoms with Gasteiger partial charge in [-0.2, -0.15) is 13.2 Å². The van der Waals surface area contributed by atoms with Crippen LogP contribution in [0.1, 0.15) is 36.6 Å². The van der Waals surface area contributed by atoms with E-state index in [1.165, 1.54) is 31.5 Å². The Morgan fingerprint density at radius 1 is 1.29 bits per heavy atom. The van der Waals surface area contributed by atoms with Crippen LogP contribution in [-0.2, 0) is 15.7 Å². The van der Waals surface area contributed by atoms with E-state index < -0.39 is 22.5 Å². The number of carbonyl (C=O) groups excluding carboxylic acids is 1. The molecule has 1 fully saturated rings. The van der Waals surface area contributed by atoms with Crippen LogP contribution in [0.5, 0.6) is 5.88 Å². The largest absolute Gasteiger partial charge is 0.481 e. The number of rotatable bonds is 4. The molecule has 1 N–H and O–H groups in total. The van der Waals surface area contributed by atoms with Crippen LogP contribution in [0.3, 0.4) is 0 Å².